The predicted molar refractivity (Wildman–Crippen MR) is 87.6 cm³/mol. The summed E-state index contributed by atoms with van der Waals surface area (Å²) in [6.07, 6.45) is 1.76. The highest BCUT2D eigenvalue weighted by atomic mass is 32.1. The molecule has 2 aromatic heterocycles. The van der Waals surface area contributed by atoms with Gasteiger partial charge in [0.2, 0.25) is 5.13 Å². The molecule has 0 amide bonds. The molecule has 4 nitrogen and oxygen atoms in total. The first-order chi connectivity index (χ1) is 10.3. The van der Waals surface area contributed by atoms with Crippen LogP contribution in [-0.4, -0.2) is 15.7 Å². The van der Waals surface area contributed by atoms with Crippen LogP contribution >= 0.6 is 11.3 Å². The number of nitrogens with one attached hydrogen (secondary N) is 1. The van der Waals surface area contributed by atoms with Crippen molar-refractivity contribution in [3.63, 3.8) is 0 Å². The summed E-state index contributed by atoms with van der Waals surface area (Å²) in [6, 6.07) is 15.8. The lowest BCUT2D eigenvalue weighted by Crippen LogP contribution is -2.01. The zero-order valence-corrected chi connectivity index (χ0v) is 12.3. The zero-order valence-electron chi connectivity index (χ0n) is 11.5. The van der Waals surface area contributed by atoms with Crippen molar-refractivity contribution in [3.8, 4) is 11.3 Å². The first-order valence-corrected chi connectivity index (χ1v) is 7.43. The van der Waals surface area contributed by atoms with Gasteiger partial charge in [-0.1, -0.05) is 36.4 Å². The zero-order chi connectivity index (χ0) is 14.5. The van der Waals surface area contributed by atoms with Crippen molar-refractivity contribution in [2.75, 3.05) is 5.43 Å². The molecule has 2 heterocycles. The van der Waals surface area contributed by atoms with E-state index in [1.165, 1.54) is 11.3 Å². The Hall–Kier alpha value is -2.53. The first kappa shape index (κ1) is 13.5. The quantitative estimate of drug-likeness (QED) is 0.583. The van der Waals surface area contributed by atoms with Crippen molar-refractivity contribution in [3.05, 3.63) is 65.8 Å². The van der Waals surface area contributed by atoms with Gasteiger partial charge < -0.3 is 0 Å². The molecular formula is C16H14N4S. The van der Waals surface area contributed by atoms with Gasteiger partial charge in [0.05, 0.1) is 17.1 Å². The topological polar surface area (TPSA) is 50.2 Å². The Balaban J connectivity index is 1.73. The second-order valence-corrected chi connectivity index (χ2v) is 5.29. The van der Waals surface area contributed by atoms with Crippen molar-refractivity contribution < 1.29 is 0 Å². The van der Waals surface area contributed by atoms with Gasteiger partial charge in [0, 0.05) is 17.1 Å². The number of rotatable bonds is 4. The number of hydrogen-bond acceptors (Lipinski definition) is 5. The summed E-state index contributed by atoms with van der Waals surface area (Å²) < 4.78 is 0. The Morgan fingerprint density at radius 2 is 1.90 bits per heavy atom. The second kappa shape index (κ2) is 6.28. The Labute approximate surface area is 127 Å². The number of anilines is 1. The third-order valence-electron chi connectivity index (χ3n) is 2.93. The number of nitrogens with zero attached hydrogens (tertiary/aromatic N) is 3. The number of benzene rings is 1. The number of hydrazone groups is 1. The Bertz CT molecular complexity index is 735. The maximum absolute atomic E-state index is 4.53. The maximum Gasteiger partial charge on any atom is 0.203 e. The number of thiazole rings is 1. The molecule has 21 heavy (non-hydrogen) atoms. The molecule has 0 aliphatic carbocycles. The maximum atomic E-state index is 4.53. The standard InChI is InChI=1S/C16H14N4S/c1-12(14-9-5-6-10-17-14)19-20-16-18-15(11-21-16)13-7-3-2-4-8-13/h2-11H,1H3,(H,18,20)/b19-12-. The lowest BCUT2D eigenvalue weighted by Gasteiger charge is -1.99. The van der Waals surface area contributed by atoms with E-state index in [1.807, 2.05) is 60.8 Å². The summed E-state index contributed by atoms with van der Waals surface area (Å²) in [4.78, 5) is 8.78. The van der Waals surface area contributed by atoms with Gasteiger partial charge in [0.1, 0.15) is 0 Å². The van der Waals surface area contributed by atoms with Crippen LogP contribution in [0.25, 0.3) is 11.3 Å². The largest absolute Gasteiger partial charge is 0.255 e. The Morgan fingerprint density at radius 3 is 2.67 bits per heavy atom. The van der Waals surface area contributed by atoms with E-state index in [0.717, 1.165) is 27.8 Å². The van der Waals surface area contributed by atoms with E-state index in [1.54, 1.807) is 6.20 Å². The monoisotopic (exact) mass is 294 g/mol. The molecule has 0 radical (unpaired) electrons. The fourth-order valence-electron chi connectivity index (χ4n) is 1.83. The van der Waals surface area contributed by atoms with Gasteiger partial charge in [-0.2, -0.15) is 5.10 Å². The smallest absolute Gasteiger partial charge is 0.203 e. The SMILES string of the molecule is C/C(=N/Nc1nc(-c2ccccc2)cs1)c1ccccn1. The van der Waals surface area contributed by atoms with E-state index in [-0.39, 0.29) is 0 Å². The molecule has 0 bridgehead atoms. The number of hydrogen-bond donors (Lipinski definition) is 1. The number of aromatic nitrogens is 2. The highest BCUT2D eigenvalue weighted by Crippen LogP contribution is 2.24. The molecule has 0 spiro atoms. The van der Waals surface area contributed by atoms with Gasteiger partial charge in [-0.05, 0) is 19.1 Å². The van der Waals surface area contributed by atoms with Crippen molar-refractivity contribution in [1.29, 1.82) is 0 Å². The van der Waals surface area contributed by atoms with Gasteiger partial charge in [-0.25, -0.2) is 4.98 Å². The first-order valence-electron chi connectivity index (χ1n) is 6.55. The van der Waals surface area contributed by atoms with E-state index >= 15 is 0 Å². The predicted octanol–water partition coefficient (Wildman–Crippen LogP) is 4.04. The van der Waals surface area contributed by atoms with Crippen LogP contribution in [0.5, 0.6) is 0 Å². The molecule has 5 heteroatoms. The molecule has 0 saturated carbocycles. The van der Waals surface area contributed by atoms with Gasteiger partial charge >= 0.3 is 0 Å². The summed E-state index contributed by atoms with van der Waals surface area (Å²) in [5.74, 6) is 0. The van der Waals surface area contributed by atoms with Gasteiger partial charge in [-0.3, -0.25) is 10.4 Å². The van der Waals surface area contributed by atoms with Crippen LogP contribution in [0.1, 0.15) is 12.6 Å². The van der Waals surface area contributed by atoms with Crippen LogP contribution in [0.2, 0.25) is 0 Å². The van der Waals surface area contributed by atoms with Crippen molar-refractivity contribution >= 4 is 22.2 Å². The van der Waals surface area contributed by atoms with Crippen LogP contribution in [0, 0.1) is 0 Å². The molecule has 0 unspecified atom stereocenters. The lowest BCUT2D eigenvalue weighted by molar-refractivity contribution is 1.23. The third-order valence-corrected chi connectivity index (χ3v) is 3.68. The number of pyridine rings is 1. The van der Waals surface area contributed by atoms with Gasteiger partial charge in [-0.15, -0.1) is 11.3 Å². The Kier molecular flexibility index (Phi) is 4.02. The molecular weight excluding hydrogens is 280 g/mol. The van der Waals surface area contributed by atoms with E-state index in [2.05, 4.69) is 20.5 Å². The van der Waals surface area contributed by atoms with Crippen LogP contribution in [0.15, 0.2) is 65.2 Å². The summed E-state index contributed by atoms with van der Waals surface area (Å²) in [5.41, 5.74) is 6.72. The van der Waals surface area contributed by atoms with Crippen LogP contribution in [-0.2, 0) is 0 Å². The summed E-state index contributed by atoms with van der Waals surface area (Å²) in [5, 5.41) is 7.11. The average Bonchev–Trinajstić information content (AvgIpc) is 3.03. The molecule has 3 rings (SSSR count). The average molecular weight is 294 g/mol. The van der Waals surface area contributed by atoms with E-state index in [9.17, 15) is 0 Å². The van der Waals surface area contributed by atoms with E-state index in [0.29, 0.717) is 0 Å². The minimum atomic E-state index is 0.768. The van der Waals surface area contributed by atoms with Crippen LogP contribution in [0.3, 0.4) is 0 Å². The van der Waals surface area contributed by atoms with Crippen LogP contribution < -0.4 is 5.43 Å². The normalized spacial score (nSPS) is 11.4. The summed E-state index contributed by atoms with van der Waals surface area (Å²) in [6.45, 7) is 1.92. The molecule has 0 fully saturated rings. The third kappa shape index (κ3) is 3.32. The minimum Gasteiger partial charge on any atom is -0.255 e. The van der Waals surface area contributed by atoms with Crippen molar-refractivity contribution in [2.24, 2.45) is 5.10 Å². The van der Waals surface area contributed by atoms with Crippen LogP contribution in [0.4, 0.5) is 5.13 Å². The lowest BCUT2D eigenvalue weighted by atomic mass is 10.2. The van der Waals surface area contributed by atoms with Crippen molar-refractivity contribution in [2.45, 2.75) is 6.92 Å². The van der Waals surface area contributed by atoms with E-state index < -0.39 is 0 Å². The highest BCUT2D eigenvalue weighted by molar-refractivity contribution is 7.14. The minimum absolute atomic E-state index is 0.768. The molecule has 104 valence electrons. The molecule has 3 aromatic rings. The second-order valence-electron chi connectivity index (χ2n) is 4.43. The van der Waals surface area contributed by atoms with Gasteiger partial charge in [0.25, 0.3) is 0 Å². The molecule has 0 aliphatic heterocycles. The fraction of sp³-hybridized carbons (Fsp3) is 0.0625. The molecule has 1 aromatic carbocycles. The highest BCUT2D eigenvalue weighted by Gasteiger charge is 2.04. The summed E-state index contributed by atoms with van der Waals surface area (Å²) in [7, 11) is 0. The molecule has 0 atom stereocenters. The summed E-state index contributed by atoms with van der Waals surface area (Å²) >= 11 is 1.53. The molecule has 1 N–H and O–H groups in total. The van der Waals surface area contributed by atoms with Crippen molar-refractivity contribution in [1.82, 2.24) is 9.97 Å². The van der Waals surface area contributed by atoms with E-state index in [4.69, 9.17) is 0 Å². The Morgan fingerprint density at radius 1 is 1.10 bits per heavy atom. The molecule has 0 aliphatic rings. The fourth-order valence-corrected chi connectivity index (χ4v) is 2.49. The molecule has 0 saturated heterocycles. The van der Waals surface area contributed by atoms with Gasteiger partial charge in [0.15, 0.2) is 0 Å².